The summed E-state index contributed by atoms with van der Waals surface area (Å²) >= 11 is 0. The summed E-state index contributed by atoms with van der Waals surface area (Å²) in [5, 5.41) is 8.12. The highest BCUT2D eigenvalue weighted by Crippen LogP contribution is 2.10. The van der Waals surface area contributed by atoms with Gasteiger partial charge in [0.05, 0.1) is 12.3 Å². The van der Waals surface area contributed by atoms with E-state index in [2.05, 4.69) is 14.9 Å². The Balaban J connectivity index is 1.65. The number of sulfonamides is 1. The first-order valence-electron chi connectivity index (χ1n) is 7.83. The van der Waals surface area contributed by atoms with Crippen molar-refractivity contribution < 1.29 is 17.2 Å². The Labute approximate surface area is 153 Å². The minimum Gasteiger partial charge on any atom is -0.268 e. The minimum absolute atomic E-state index is 0.0176. The number of hydrogen-bond acceptors (Lipinski definition) is 5. The third-order valence-corrected chi connectivity index (χ3v) is 4.87. The normalized spacial score (nSPS) is 11.6. The first-order chi connectivity index (χ1) is 12.8. The third-order valence-electron chi connectivity index (χ3n) is 3.52. The van der Waals surface area contributed by atoms with Gasteiger partial charge in [-0.2, -0.15) is 5.10 Å². The number of hydrogen-bond donors (Lipinski definition) is 1. The predicted octanol–water partition coefficient (Wildman–Crippen LogP) is 0.827. The molecule has 142 valence electrons. The maximum absolute atomic E-state index is 13.2. The van der Waals surface area contributed by atoms with Crippen LogP contribution >= 0.6 is 0 Å². The van der Waals surface area contributed by atoms with Crippen molar-refractivity contribution in [3.8, 4) is 5.82 Å². The highest BCUT2D eigenvalue weighted by Gasteiger charge is 2.13. The van der Waals surface area contributed by atoms with Crippen LogP contribution in [0.3, 0.4) is 0 Å². The van der Waals surface area contributed by atoms with Gasteiger partial charge in [0.2, 0.25) is 10.0 Å². The lowest BCUT2D eigenvalue weighted by molar-refractivity contribution is 0.541. The summed E-state index contributed by atoms with van der Waals surface area (Å²) < 4.78 is 55.3. The van der Waals surface area contributed by atoms with Crippen molar-refractivity contribution in [1.29, 1.82) is 0 Å². The average molecular weight is 395 g/mol. The van der Waals surface area contributed by atoms with E-state index in [1.54, 1.807) is 18.5 Å². The van der Waals surface area contributed by atoms with Crippen LogP contribution in [-0.2, 0) is 22.3 Å². The molecule has 0 aliphatic heterocycles. The first-order valence-corrected chi connectivity index (χ1v) is 9.48. The van der Waals surface area contributed by atoms with Crippen LogP contribution in [-0.4, -0.2) is 34.5 Å². The molecule has 3 rings (SSSR count). The molecule has 0 fully saturated rings. The Morgan fingerprint density at radius 1 is 1.11 bits per heavy atom. The molecule has 0 aliphatic carbocycles. The van der Waals surface area contributed by atoms with Crippen molar-refractivity contribution in [1.82, 2.24) is 24.3 Å². The number of benzene rings is 1. The van der Waals surface area contributed by atoms with Gasteiger partial charge in [-0.25, -0.2) is 31.3 Å². The second kappa shape index (κ2) is 7.76. The zero-order valence-electron chi connectivity index (χ0n) is 13.9. The van der Waals surface area contributed by atoms with Crippen LogP contribution in [0.1, 0.15) is 5.56 Å². The van der Waals surface area contributed by atoms with E-state index >= 15 is 0 Å². The number of nitrogens with zero attached hydrogens (tertiary/aromatic N) is 4. The number of nitrogens with one attached hydrogen (secondary N) is 1. The van der Waals surface area contributed by atoms with E-state index in [1.165, 1.54) is 16.8 Å². The molecule has 11 heteroatoms. The lowest BCUT2D eigenvalue weighted by Crippen LogP contribution is -2.33. The molecule has 0 bridgehead atoms. The van der Waals surface area contributed by atoms with Gasteiger partial charge >= 0.3 is 0 Å². The Hall–Kier alpha value is -2.92. The molecule has 0 aliphatic rings. The Kier molecular flexibility index (Phi) is 5.42. The van der Waals surface area contributed by atoms with Gasteiger partial charge in [0, 0.05) is 31.1 Å². The molecular weight excluding hydrogens is 380 g/mol. The van der Waals surface area contributed by atoms with E-state index in [-0.39, 0.29) is 18.7 Å². The van der Waals surface area contributed by atoms with Crippen molar-refractivity contribution in [3.05, 3.63) is 76.3 Å². The van der Waals surface area contributed by atoms with Gasteiger partial charge in [-0.05, 0) is 29.8 Å². The van der Waals surface area contributed by atoms with Gasteiger partial charge in [0.1, 0.15) is 11.6 Å². The molecule has 2 aromatic heterocycles. The molecule has 0 saturated heterocycles. The van der Waals surface area contributed by atoms with E-state index in [4.69, 9.17) is 0 Å². The van der Waals surface area contributed by atoms with Crippen molar-refractivity contribution in [2.75, 3.05) is 6.54 Å². The predicted molar refractivity (Wildman–Crippen MR) is 92.6 cm³/mol. The molecule has 3 aromatic rings. The van der Waals surface area contributed by atoms with Crippen LogP contribution in [0.4, 0.5) is 8.78 Å². The van der Waals surface area contributed by atoms with Crippen LogP contribution in [0.25, 0.3) is 5.82 Å². The van der Waals surface area contributed by atoms with Crippen molar-refractivity contribution in [3.63, 3.8) is 0 Å². The molecule has 0 saturated carbocycles. The molecule has 27 heavy (non-hydrogen) atoms. The smallest absolute Gasteiger partial charge is 0.266 e. The lowest BCUT2D eigenvalue weighted by Gasteiger charge is -2.09. The fourth-order valence-corrected chi connectivity index (χ4v) is 3.51. The van der Waals surface area contributed by atoms with Crippen LogP contribution < -0.4 is 10.3 Å². The quantitative estimate of drug-likeness (QED) is 0.639. The maximum atomic E-state index is 13.2. The zero-order chi connectivity index (χ0) is 19.4. The molecule has 0 atom stereocenters. The van der Waals surface area contributed by atoms with E-state index in [1.807, 2.05) is 0 Å². The summed E-state index contributed by atoms with van der Waals surface area (Å²) in [5.74, 6) is -1.90. The van der Waals surface area contributed by atoms with Gasteiger partial charge in [0.15, 0.2) is 5.82 Å². The molecule has 0 amide bonds. The third kappa shape index (κ3) is 5.05. The molecular formula is C16H15F2N5O3S. The van der Waals surface area contributed by atoms with Crippen molar-refractivity contribution in [2.24, 2.45) is 0 Å². The van der Waals surface area contributed by atoms with Gasteiger partial charge in [-0.3, -0.25) is 4.79 Å². The summed E-state index contributed by atoms with van der Waals surface area (Å²) in [6, 6.07) is 7.04. The zero-order valence-corrected chi connectivity index (χ0v) is 14.7. The molecule has 2 heterocycles. The van der Waals surface area contributed by atoms with Gasteiger partial charge < -0.3 is 0 Å². The van der Waals surface area contributed by atoms with Gasteiger partial charge in [-0.15, -0.1) is 5.10 Å². The Morgan fingerprint density at radius 2 is 1.85 bits per heavy atom. The van der Waals surface area contributed by atoms with Gasteiger partial charge in [-0.1, -0.05) is 0 Å². The molecule has 1 N–H and O–H groups in total. The summed E-state index contributed by atoms with van der Waals surface area (Å²) in [6.07, 6.45) is 3.21. The van der Waals surface area contributed by atoms with Crippen LogP contribution in [0.15, 0.2) is 53.6 Å². The second-order valence-electron chi connectivity index (χ2n) is 5.63. The fourth-order valence-electron chi connectivity index (χ4n) is 2.40. The Morgan fingerprint density at radius 3 is 2.52 bits per heavy atom. The number of halogens is 2. The van der Waals surface area contributed by atoms with Crippen molar-refractivity contribution in [2.45, 2.75) is 12.3 Å². The van der Waals surface area contributed by atoms with E-state index in [0.717, 1.165) is 16.8 Å². The highest BCUT2D eigenvalue weighted by atomic mass is 32.2. The van der Waals surface area contributed by atoms with Crippen molar-refractivity contribution >= 4 is 10.0 Å². The van der Waals surface area contributed by atoms with E-state index < -0.39 is 33.0 Å². The number of rotatable bonds is 7. The van der Waals surface area contributed by atoms with Crippen LogP contribution in [0.2, 0.25) is 0 Å². The molecule has 0 unspecified atom stereocenters. The molecule has 8 nitrogen and oxygen atoms in total. The van der Waals surface area contributed by atoms with E-state index in [0.29, 0.717) is 11.9 Å². The first kappa shape index (κ1) is 18.9. The molecule has 1 aromatic carbocycles. The Bertz CT molecular complexity index is 1080. The second-order valence-corrected chi connectivity index (χ2v) is 7.44. The average Bonchev–Trinajstić information content (AvgIpc) is 3.09. The summed E-state index contributed by atoms with van der Waals surface area (Å²) in [4.78, 5) is 11.9. The number of aromatic nitrogens is 4. The fraction of sp³-hybridized carbons (Fsp3) is 0.188. The summed E-state index contributed by atoms with van der Waals surface area (Å²) in [6.45, 7) is -0.139. The summed E-state index contributed by atoms with van der Waals surface area (Å²) in [7, 11) is -3.85. The molecule has 0 spiro atoms. The monoisotopic (exact) mass is 395 g/mol. The van der Waals surface area contributed by atoms with Crippen LogP contribution in [0, 0.1) is 11.6 Å². The van der Waals surface area contributed by atoms with Crippen LogP contribution in [0.5, 0.6) is 0 Å². The minimum atomic E-state index is -3.85. The SMILES string of the molecule is O=c1ccc(-n2cccn2)nn1CCNS(=O)(=O)Cc1cc(F)cc(F)c1. The largest absolute Gasteiger partial charge is 0.268 e. The highest BCUT2D eigenvalue weighted by molar-refractivity contribution is 7.88. The lowest BCUT2D eigenvalue weighted by atomic mass is 10.2. The van der Waals surface area contributed by atoms with Gasteiger partial charge in [0.25, 0.3) is 5.56 Å². The summed E-state index contributed by atoms with van der Waals surface area (Å²) in [5.41, 5.74) is -0.423. The van der Waals surface area contributed by atoms with E-state index in [9.17, 15) is 22.0 Å². The standard InChI is InChI=1S/C16H15F2N5O3S/c17-13-8-12(9-14(18)10-13)11-27(25,26)20-5-7-23-16(24)3-2-15(21-23)22-6-1-4-19-22/h1-4,6,8-10,20H,5,7,11H2. The topological polar surface area (TPSA) is 98.9 Å². The molecule has 0 radical (unpaired) electrons. The maximum Gasteiger partial charge on any atom is 0.266 e.